The summed E-state index contributed by atoms with van der Waals surface area (Å²) in [5.41, 5.74) is 1.53. The van der Waals surface area contributed by atoms with E-state index in [-0.39, 0.29) is 20.5 Å². The third-order valence-corrected chi connectivity index (χ3v) is 5.49. The molecule has 0 aromatic heterocycles. The molecule has 18 heavy (non-hydrogen) atoms. The van der Waals surface area contributed by atoms with Crippen molar-refractivity contribution in [2.45, 2.75) is 11.7 Å². The molecule has 1 aliphatic heterocycles. The average molecular weight is 313 g/mol. The van der Waals surface area contributed by atoms with Gasteiger partial charge in [-0.25, -0.2) is 0 Å². The zero-order chi connectivity index (χ0) is 12.7. The zero-order valence-electron chi connectivity index (χ0n) is 9.34. The summed E-state index contributed by atoms with van der Waals surface area (Å²) in [5, 5.41) is 0.403. The van der Waals surface area contributed by atoms with Crippen molar-refractivity contribution in [3.8, 4) is 0 Å². The quantitative estimate of drug-likeness (QED) is 0.518. The van der Waals surface area contributed by atoms with Crippen molar-refractivity contribution in [2.75, 3.05) is 0 Å². The molecule has 2 aromatic rings. The van der Waals surface area contributed by atoms with Gasteiger partial charge in [-0.05, 0) is 0 Å². The Labute approximate surface area is 109 Å². The minimum atomic E-state index is -1.09. The van der Waals surface area contributed by atoms with Crippen molar-refractivity contribution in [1.29, 1.82) is 0 Å². The number of rotatable bonds is 0. The molecule has 0 spiro atoms. The molecule has 0 aliphatic carbocycles. The van der Waals surface area contributed by atoms with E-state index in [4.69, 9.17) is 0 Å². The molecule has 0 N–H and O–H groups in total. The van der Waals surface area contributed by atoms with Gasteiger partial charge in [-0.2, -0.15) is 0 Å². The van der Waals surface area contributed by atoms with Crippen molar-refractivity contribution >= 4 is 19.4 Å². The summed E-state index contributed by atoms with van der Waals surface area (Å²) in [4.78, 5) is 0. The molecule has 0 unspecified atom stereocenters. The van der Waals surface area contributed by atoms with Crippen LogP contribution in [0.2, 0.25) is 0 Å². The molecule has 0 nitrogen and oxygen atoms in total. The molecular weight excluding hydrogens is 304 g/mol. The van der Waals surface area contributed by atoms with Crippen LogP contribution in [0, 0.1) is 17.5 Å². The van der Waals surface area contributed by atoms with Crippen molar-refractivity contribution in [3.63, 3.8) is 0 Å². The van der Waals surface area contributed by atoms with Gasteiger partial charge in [0.25, 0.3) is 0 Å². The van der Waals surface area contributed by atoms with Crippen LogP contribution in [0.4, 0.5) is 13.2 Å². The van der Waals surface area contributed by atoms with Gasteiger partial charge in [0.2, 0.25) is 0 Å². The van der Waals surface area contributed by atoms with Crippen LogP contribution in [0.3, 0.4) is 0 Å². The third kappa shape index (κ3) is 1.86. The van der Waals surface area contributed by atoms with Gasteiger partial charge in [-0.1, -0.05) is 0 Å². The van der Waals surface area contributed by atoms with E-state index < -0.39 is 17.5 Å². The molecule has 2 aromatic carbocycles. The van der Waals surface area contributed by atoms with E-state index in [1.165, 1.54) is 0 Å². The molecule has 92 valence electrons. The Morgan fingerprint density at radius 1 is 0.944 bits per heavy atom. The monoisotopic (exact) mass is 314 g/mol. The first-order chi connectivity index (χ1) is 8.66. The van der Waals surface area contributed by atoms with Crippen LogP contribution in [-0.4, -0.2) is 15.0 Å². The van der Waals surface area contributed by atoms with E-state index >= 15 is 0 Å². The summed E-state index contributed by atoms with van der Waals surface area (Å²) in [7, 11) is 0. The molecule has 1 aliphatic rings. The Hall–Kier alpha value is -1.25. The summed E-state index contributed by atoms with van der Waals surface area (Å²) in [6.07, 6.45) is 0.344. The van der Waals surface area contributed by atoms with Crippen LogP contribution >= 0.6 is 0 Å². The molecular formula is C14H9F3Se. The average Bonchev–Trinajstić information content (AvgIpc) is 2.56. The molecule has 0 amide bonds. The minimum absolute atomic E-state index is 0.0168. The normalized spacial score (nSPS) is 13.7. The summed E-state index contributed by atoms with van der Waals surface area (Å²) in [6.45, 7) is 0. The summed E-state index contributed by atoms with van der Waals surface area (Å²) in [6, 6.07) is 8.36. The first-order valence-electron chi connectivity index (χ1n) is 5.53. The van der Waals surface area contributed by atoms with Crippen molar-refractivity contribution in [1.82, 2.24) is 0 Å². The maximum atomic E-state index is 13.8. The topological polar surface area (TPSA) is 0 Å². The van der Waals surface area contributed by atoms with Gasteiger partial charge in [-0.3, -0.25) is 0 Å². The molecule has 0 fully saturated rings. The second-order valence-corrected chi connectivity index (χ2v) is 6.32. The Balaban J connectivity index is 2.19. The molecule has 0 bridgehead atoms. The number of benzene rings is 2. The van der Waals surface area contributed by atoms with Gasteiger partial charge < -0.3 is 0 Å². The molecule has 0 saturated heterocycles. The third-order valence-electron chi connectivity index (χ3n) is 3.09. The van der Waals surface area contributed by atoms with Crippen LogP contribution in [0.5, 0.6) is 0 Å². The van der Waals surface area contributed by atoms with Crippen molar-refractivity contribution < 1.29 is 13.2 Å². The van der Waals surface area contributed by atoms with E-state index in [2.05, 4.69) is 0 Å². The Morgan fingerprint density at radius 2 is 1.72 bits per heavy atom. The van der Waals surface area contributed by atoms with Crippen molar-refractivity contribution in [3.05, 3.63) is 64.5 Å². The van der Waals surface area contributed by atoms with Crippen molar-refractivity contribution in [2.24, 2.45) is 0 Å². The fraction of sp³-hybridized carbons (Fsp3) is 0.143. The maximum absolute atomic E-state index is 13.8. The SMILES string of the molecule is Fc1cc(F)c2c(c1F)C[Se]c1ccccc1C2. The van der Waals surface area contributed by atoms with E-state index in [0.717, 1.165) is 10.0 Å². The fourth-order valence-corrected chi connectivity index (χ4v) is 4.47. The van der Waals surface area contributed by atoms with Gasteiger partial charge in [-0.15, -0.1) is 0 Å². The molecule has 4 heteroatoms. The number of fused-ring (bicyclic) bond motifs is 2. The Kier molecular flexibility index (Phi) is 2.92. The van der Waals surface area contributed by atoms with E-state index in [1.54, 1.807) is 0 Å². The second-order valence-electron chi connectivity index (χ2n) is 4.18. The van der Waals surface area contributed by atoms with Crippen LogP contribution in [0.1, 0.15) is 16.7 Å². The van der Waals surface area contributed by atoms with Crippen LogP contribution in [-0.2, 0) is 11.7 Å². The predicted octanol–water partition coefficient (Wildman–Crippen LogP) is 2.54. The summed E-state index contributed by atoms with van der Waals surface area (Å²) in [5.74, 6) is -2.62. The molecule has 0 saturated carbocycles. The molecule has 3 rings (SSSR count). The van der Waals surface area contributed by atoms with Crippen LogP contribution < -0.4 is 4.46 Å². The van der Waals surface area contributed by atoms with E-state index in [1.807, 2.05) is 24.3 Å². The van der Waals surface area contributed by atoms with Crippen LogP contribution in [0.15, 0.2) is 30.3 Å². The van der Waals surface area contributed by atoms with Crippen LogP contribution in [0.25, 0.3) is 0 Å². The summed E-state index contributed by atoms with van der Waals surface area (Å²) < 4.78 is 41.9. The fourth-order valence-electron chi connectivity index (χ4n) is 2.16. The first-order valence-corrected chi connectivity index (χ1v) is 7.59. The number of hydrogen-bond acceptors (Lipinski definition) is 0. The standard InChI is InChI=1S/C14H9F3Se/c15-11-6-12(16)14(17)10-7-18-13-4-2-1-3-8(13)5-9(10)11/h1-4,6H,5,7H2. The van der Waals surface area contributed by atoms with Gasteiger partial charge >= 0.3 is 109 Å². The molecule has 0 atom stereocenters. The van der Waals surface area contributed by atoms with E-state index in [9.17, 15) is 13.2 Å². The van der Waals surface area contributed by atoms with Gasteiger partial charge in [0.05, 0.1) is 0 Å². The van der Waals surface area contributed by atoms with E-state index in [0.29, 0.717) is 23.4 Å². The predicted molar refractivity (Wildman–Crippen MR) is 64.7 cm³/mol. The molecule has 1 heterocycles. The van der Waals surface area contributed by atoms with Gasteiger partial charge in [0, 0.05) is 0 Å². The Bertz CT molecular complexity index is 623. The Morgan fingerprint density at radius 3 is 2.56 bits per heavy atom. The second kappa shape index (κ2) is 4.45. The molecule has 0 radical (unpaired) electrons. The number of hydrogen-bond donors (Lipinski definition) is 0. The summed E-state index contributed by atoms with van der Waals surface area (Å²) >= 11 is 0.0168. The van der Waals surface area contributed by atoms with Gasteiger partial charge in [0.1, 0.15) is 0 Å². The first kappa shape index (κ1) is 11.8. The number of halogens is 3. The van der Waals surface area contributed by atoms with Gasteiger partial charge in [0.15, 0.2) is 0 Å². The zero-order valence-corrected chi connectivity index (χ0v) is 11.1.